The van der Waals surface area contributed by atoms with E-state index in [-0.39, 0.29) is 5.56 Å². The summed E-state index contributed by atoms with van der Waals surface area (Å²) in [5, 5.41) is 0. The monoisotopic (exact) mass is 322 g/mol. The number of benzene rings is 1. The molecule has 1 aromatic carbocycles. The average molecular weight is 323 g/mol. The Labute approximate surface area is 108 Å². The molecule has 1 atom stereocenters. The van der Waals surface area contributed by atoms with Gasteiger partial charge in [-0.1, -0.05) is 41.9 Å². The minimum absolute atomic E-state index is 0.0510. The second kappa shape index (κ2) is 5.61. The summed E-state index contributed by atoms with van der Waals surface area (Å²) in [4.78, 5) is 21.5. The van der Waals surface area contributed by atoms with Crippen LogP contribution in [-0.2, 0) is 17.4 Å². The van der Waals surface area contributed by atoms with Crippen LogP contribution in [0.5, 0.6) is 0 Å². The van der Waals surface area contributed by atoms with E-state index < -0.39 is 13.5 Å². The normalized spacial score (nSPS) is 13.8. The molecule has 0 aliphatic carbocycles. The maximum atomic E-state index is 13.6. The molecule has 1 rings (SSSR count). The van der Waals surface area contributed by atoms with Gasteiger partial charge in [0.15, 0.2) is 5.91 Å². The molecule has 0 saturated heterocycles. The van der Waals surface area contributed by atoms with Crippen LogP contribution in [0, 0.1) is 0 Å². The third-order valence-corrected chi connectivity index (χ3v) is 4.45. The Morgan fingerprint density at radius 2 is 1.94 bits per heavy atom. The molecule has 6 heteroatoms. The fourth-order valence-electron chi connectivity index (χ4n) is 1.71. The molecule has 1 aromatic rings. The third-order valence-electron chi connectivity index (χ3n) is 2.63. The van der Waals surface area contributed by atoms with E-state index in [0.717, 1.165) is 12.0 Å². The highest BCUT2D eigenvalue weighted by molar-refractivity contribution is 9.10. The molecule has 0 spiro atoms. The topological polar surface area (TPSA) is 63.2 Å². The van der Waals surface area contributed by atoms with Crippen molar-refractivity contribution >= 4 is 23.5 Å². The van der Waals surface area contributed by atoms with Gasteiger partial charge >= 0.3 is 0 Å². The van der Waals surface area contributed by atoms with Gasteiger partial charge in [-0.2, -0.15) is 0 Å². The number of hydrogen-bond acceptors (Lipinski definition) is 3. The molecule has 0 radical (unpaired) electrons. The van der Waals surface area contributed by atoms with Crippen molar-refractivity contribution in [2.45, 2.75) is 32.6 Å². The predicted molar refractivity (Wildman–Crippen MR) is 64.4 cm³/mol. The first kappa shape index (κ1) is 14.8. The molecule has 0 aromatic heterocycles. The van der Waals surface area contributed by atoms with E-state index in [1.165, 1.54) is 6.07 Å². The van der Waals surface area contributed by atoms with Crippen molar-refractivity contribution < 1.29 is 18.7 Å². The summed E-state index contributed by atoms with van der Waals surface area (Å²) in [5.41, 5.74) is 1.46. The van der Waals surface area contributed by atoms with Crippen LogP contribution in [0.2, 0.25) is 0 Å². The highest BCUT2D eigenvalue weighted by Crippen LogP contribution is 2.47. The van der Waals surface area contributed by atoms with E-state index in [4.69, 9.17) is 0 Å². The van der Waals surface area contributed by atoms with Gasteiger partial charge in [-0.3, -0.25) is 0 Å². The molecule has 0 aliphatic heterocycles. The van der Waals surface area contributed by atoms with E-state index in [1.807, 2.05) is 6.92 Å². The van der Waals surface area contributed by atoms with Crippen LogP contribution in [0.25, 0.3) is 0 Å². The molecule has 0 heterocycles. The van der Waals surface area contributed by atoms with Crippen LogP contribution in [0.1, 0.15) is 36.5 Å². The van der Waals surface area contributed by atoms with Crippen molar-refractivity contribution in [3.05, 3.63) is 33.3 Å². The highest BCUT2D eigenvalue weighted by atomic mass is 79.9. The van der Waals surface area contributed by atoms with Crippen molar-refractivity contribution in [3.63, 3.8) is 0 Å². The van der Waals surface area contributed by atoms with Crippen molar-refractivity contribution in [1.29, 1.82) is 0 Å². The maximum absolute atomic E-state index is 13.6. The van der Waals surface area contributed by atoms with Gasteiger partial charge in [0.25, 0.3) is 0 Å². The first-order valence-electron chi connectivity index (χ1n) is 5.28. The zero-order valence-corrected chi connectivity index (χ0v) is 12.1. The Morgan fingerprint density at radius 3 is 2.35 bits per heavy atom. The number of hydrogen-bond donors (Lipinski definition) is 0. The smallest absolute Gasteiger partial charge is 0.152 e. The van der Waals surface area contributed by atoms with Crippen LogP contribution in [-0.4, -0.2) is 0 Å². The Bertz CT molecular complexity index is 458. The zero-order chi connectivity index (χ0) is 13.2. The second-order valence-electron chi connectivity index (χ2n) is 3.69. The van der Waals surface area contributed by atoms with Gasteiger partial charge in [0.1, 0.15) is 0 Å². The van der Waals surface area contributed by atoms with Crippen molar-refractivity contribution in [2.75, 3.05) is 0 Å². The number of halogens is 2. The molecule has 1 unspecified atom stereocenters. The Kier molecular flexibility index (Phi) is 4.90. The number of alkyl halides is 1. The fourth-order valence-corrected chi connectivity index (χ4v) is 3.21. The van der Waals surface area contributed by atoms with E-state index >= 15 is 0 Å². The Hall–Kier alpha value is -0.220. The lowest BCUT2D eigenvalue weighted by Crippen LogP contribution is -2.19. The minimum atomic E-state index is -5.25. The predicted octanol–water partition coefficient (Wildman–Crippen LogP) is 2.46. The lowest BCUT2D eigenvalue weighted by molar-refractivity contribution is -0.320. The van der Waals surface area contributed by atoms with E-state index in [0.29, 0.717) is 16.5 Å². The summed E-state index contributed by atoms with van der Waals surface area (Å²) in [5.74, 6) is -2.47. The molecule has 3 nitrogen and oxygen atoms in total. The molecule has 96 valence electrons. The van der Waals surface area contributed by atoms with Gasteiger partial charge in [-0.05, 0) is 37.1 Å². The quantitative estimate of drug-likeness (QED) is 0.800. The molecule has 0 fully saturated rings. The second-order valence-corrected chi connectivity index (χ2v) is 6.02. The Morgan fingerprint density at radius 1 is 1.35 bits per heavy atom. The van der Waals surface area contributed by atoms with Crippen LogP contribution in [0.4, 0.5) is 4.39 Å². The summed E-state index contributed by atoms with van der Waals surface area (Å²) in [6.07, 6.45) is 1.21. The molecule has 0 amide bonds. The summed E-state index contributed by atoms with van der Waals surface area (Å²) in [7, 11) is -5.25. The molecule has 0 bridgehead atoms. The standard InChI is InChI=1S/C11H15BrFO3P/c1-3-7-5-6-9(8(4-2)10(7)12)11(13)17(14,15)16/h5-6,11H,3-4H2,1-2H3,(H2,14,15,16)/p-2. The largest absolute Gasteiger partial charge is 0.808 e. The van der Waals surface area contributed by atoms with Crippen LogP contribution < -0.4 is 9.79 Å². The van der Waals surface area contributed by atoms with Crippen molar-refractivity contribution in [3.8, 4) is 0 Å². The fraction of sp³-hybridized carbons (Fsp3) is 0.455. The van der Waals surface area contributed by atoms with Gasteiger partial charge in [0.2, 0.25) is 0 Å². The van der Waals surface area contributed by atoms with Crippen LogP contribution >= 0.6 is 23.5 Å². The van der Waals surface area contributed by atoms with Crippen LogP contribution in [0.15, 0.2) is 16.6 Å². The molecular formula is C11H13BrFO3P-2. The minimum Gasteiger partial charge on any atom is -0.808 e. The SMILES string of the molecule is CCc1ccc(C(F)P(=O)([O-])[O-])c(CC)c1Br. The molecule has 17 heavy (non-hydrogen) atoms. The Balaban J connectivity index is 3.36. The summed E-state index contributed by atoms with van der Waals surface area (Å²) >= 11 is 3.33. The summed E-state index contributed by atoms with van der Waals surface area (Å²) in [6.45, 7) is 3.73. The first-order valence-corrected chi connectivity index (χ1v) is 7.69. The van der Waals surface area contributed by atoms with E-state index in [1.54, 1.807) is 13.0 Å². The molecule has 0 saturated carbocycles. The third kappa shape index (κ3) is 3.16. The summed E-state index contributed by atoms with van der Waals surface area (Å²) < 4.78 is 25.0. The zero-order valence-electron chi connectivity index (χ0n) is 9.57. The van der Waals surface area contributed by atoms with Crippen molar-refractivity contribution in [1.82, 2.24) is 0 Å². The summed E-state index contributed by atoms with van der Waals surface area (Å²) in [6, 6.07) is 3.02. The lowest BCUT2D eigenvalue weighted by atomic mass is 10.0. The van der Waals surface area contributed by atoms with Gasteiger partial charge in [0, 0.05) is 4.47 Å². The molecular weight excluding hydrogens is 310 g/mol. The van der Waals surface area contributed by atoms with E-state index in [9.17, 15) is 18.7 Å². The number of rotatable bonds is 4. The lowest BCUT2D eigenvalue weighted by Gasteiger charge is -2.34. The number of aryl methyl sites for hydroxylation is 1. The van der Waals surface area contributed by atoms with Gasteiger partial charge in [-0.15, -0.1) is 0 Å². The first-order chi connectivity index (χ1) is 7.82. The maximum Gasteiger partial charge on any atom is 0.152 e. The average Bonchev–Trinajstić information content (AvgIpc) is 2.26. The van der Waals surface area contributed by atoms with Gasteiger partial charge in [-0.25, -0.2) is 4.39 Å². The van der Waals surface area contributed by atoms with E-state index in [2.05, 4.69) is 15.9 Å². The van der Waals surface area contributed by atoms with Gasteiger partial charge in [0.05, 0.1) is 0 Å². The van der Waals surface area contributed by atoms with Gasteiger partial charge < -0.3 is 14.4 Å². The van der Waals surface area contributed by atoms with Crippen LogP contribution in [0.3, 0.4) is 0 Å². The van der Waals surface area contributed by atoms with Crippen molar-refractivity contribution in [2.24, 2.45) is 0 Å². The highest BCUT2D eigenvalue weighted by Gasteiger charge is 2.19. The molecule has 0 aliphatic rings. The molecule has 0 N–H and O–H groups in total.